The quantitative estimate of drug-likeness (QED) is 0.674. The average Bonchev–Trinajstić information content (AvgIpc) is 2.97. The van der Waals surface area contributed by atoms with Crippen LogP contribution in [0, 0.1) is 5.41 Å². The van der Waals surface area contributed by atoms with Crippen molar-refractivity contribution >= 4 is 17.2 Å². The Balaban J connectivity index is 1.89. The summed E-state index contributed by atoms with van der Waals surface area (Å²) in [4.78, 5) is 2.95. The van der Waals surface area contributed by atoms with Crippen LogP contribution in [-0.2, 0) is 4.74 Å². The Morgan fingerprint density at radius 2 is 2.31 bits per heavy atom. The van der Waals surface area contributed by atoms with Crippen molar-refractivity contribution < 1.29 is 9.84 Å². The van der Waals surface area contributed by atoms with Gasteiger partial charge in [0.25, 0.3) is 0 Å². The molecule has 3 N–H and O–H groups in total. The molecular weight excluding hydrogens is 224 g/mol. The van der Waals surface area contributed by atoms with Crippen molar-refractivity contribution in [3.05, 3.63) is 0 Å². The number of aliphatic hydroxyl groups excluding tert-OH is 1. The van der Waals surface area contributed by atoms with E-state index in [9.17, 15) is 5.11 Å². The Bertz CT molecular complexity index is 269. The molecule has 1 aliphatic heterocycles. The lowest BCUT2D eigenvalue weighted by Crippen LogP contribution is -2.49. The number of rotatable bonds is 5. The summed E-state index contributed by atoms with van der Waals surface area (Å²) >= 11 is 4.99. The van der Waals surface area contributed by atoms with E-state index in [-0.39, 0.29) is 12.6 Å². The first-order valence-corrected chi connectivity index (χ1v) is 6.27. The zero-order valence-corrected chi connectivity index (χ0v) is 10.3. The van der Waals surface area contributed by atoms with Crippen LogP contribution >= 0.6 is 12.2 Å². The lowest BCUT2D eigenvalue weighted by Gasteiger charge is -2.36. The van der Waals surface area contributed by atoms with Gasteiger partial charge in [0.15, 0.2) is 0 Å². The monoisotopic (exact) mass is 244 g/mol. The van der Waals surface area contributed by atoms with Gasteiger partial charge in [-0.2, -0.15) is 0 Å². The van der Waals surface area contributed by atoms with Crippen LogP contribution in [0.15, 0.2) is 0 Å². The van der Waals surface area contributed by atoms with Crippen molar-refractivity contribution in [1.29, 1.82) is 0 Å². The third-order valence-electron chi connectivity index (χ3n) is 3.61. The Kier molecular flexibility index (Phi) is 3.79. The van der Waals surface area contributed by atoms with Gasteiger partial charge in [-0.15, -0.1) is 0 Å². The highest BCUT2D eigenvalue weighted by Crippen LogP contribution is 2.49. The zero-order valence-electron chi connectivity index (χ0n) is 9.52. The normalized spacial score (nSPS) is 28.9. The van der Waals surface area contributed by atoms with Gasteiger partial charge in [0.1, 0.15) is 0 Å². The zero-order chi connectivity index (χ0) is 11.6. The lowest BCUT2D eigenvalue weighted by atomic mass is 10.0. The second kappa shape index (κ2) is 4.96. The van der Waals surface area contributed by atoms with Gasteiger partial charge in [0, 0.05) is 19.5 Å². The summed E-state index contributed by atoms with van der Waals surface area (Å²) in [6.45, 7) is 3.48. The highest BCUT2D eigenvalue weighted by atomic mass is 32.1. The maximum atomic E-state index is 9.29. The molecule has 2 fully saturated rings. The van der Waals surface area contributed by atoms with Gasteiger partial charge in [-0.1, -0.05) is 12.2 Å². The highest BCUT2D eigenvalue weighted by molar-refractivity contribution is 7.80. The number of aliphatic hydroxyl groups is 1. The molecule has 0 aromatic carbocycles. The standard InChI is InChI=1S/C11H20N2O2S/c12-10(16)5-11(1-2-11)8-13-3-4-15-7-9(13)6-14/h9,14H,1-8H2,(H2,12,16). The van der Waals surface area contributed by atoms with E-state index < -0.39 is 0 Å². The van der Waals surface area contributed by atoms with Crippen LogP contribution < -0.4 is 5.73 Å². The minimum Gasteiger partial charge on any atom is -0.395 e. The van der Waals surface area contributed by atoms with Crippen LogP contribution in [0.5, 0.6) is 0 Å². The molecule has 16 heavy (non-hydrogen) atoms. The van der Waals surface area contributed by atoms with Gasteiger partial charge in [-0.25, -0.2) is 0 Å². The fourth-order valence-corrected chi connectivity index (χ4v) is 2.74. The molecule has 1 heterocycles. The fourth-order valence-electron chi connectivity index (χ4n) is 2.43. The molecule has 1 unspecified atom stereocenters. The molecule has 2 aliphatic rings. The van der Waals surface area contributed by atoms with Crippen LogP contribution in [0.2, 0.25) is 0 Å². The first kappa shape index (κ1) is 12.2. The molecule has 1 aliphatic carbocycles. The second-order valence-corrected chi connectivity index (χ2v) is 5.55. The van der Waals surface area contributed by atoms with E-state index in [0.717, 1.165) is 26.1 Å². The van der Waals surface area contributed by atoms with Crippen molar-refractivity contribution in [2.24, 2.45) is 11.1 Å². The van der Waals surface area contributed by atoms with E-state index in [1.165, 1.54) is 12.8 Å². The molecule has 1 atom stereocenters. The molecule has 1 saturated heterocycles. The second-order valence-electron chi connectivity index (χ2n) is 5.02. The van der Waals surface area contributed by atoms with Crippen molar-refractivity contribution in [3.8, 4) is 0 Å². The minimum absolute atomic E-state index is 0.151. The predicted molar refractivity (Wildman–Crippen MR) is 66.3 cm³/mol. The van der Waals surface area contributed by atoms with Crippen molar-refractivity contribution in [2.45, 2.75) is 25.3 Å². The van der Waals surface area contributed by atoms with Gasteiger partial charge < -0.3 is 15.6 Å². The van der Waals surface area contributed by atoms with E-state index >= 15 is 0 Å². The smallest absolute Gasteiger partial charge is 0.0733 e. The van der Waals surface area contributed by atoms with Gasteiger partial charge in [-0.3, -0.25) is 4.90 Å². The fraction of sp³-hybridized carbons (Fsp3) is 0.909. The van der Waals surface area contributed by atoms with Gasteiger partial charge in [-0.05, 0) is 18.3 Å². The summed E-state index contributed by atoms with van der Waals surface area (Å²) in [5.74, 6) is 0. The molecule has 0 aromatic heterocycles. The number of nitrogens with zero attached hydrogens (tertiary/aromatic N) is 1. The molecule has 0 bridgehead atoms. The van der Waals surface area contributed by atoms with E-state index in [1.807, 2.05) is 0 Å². The Hall–Kier alpha value is -0.230. The topological polar surface area (TPSA) is 58.7 Å². The van der Waals surface area contributed by atoms with Gasteiger partial charge in [0.2, 0.25) is 0 Å². The Labute approximate surface area is 102 Å². The Morgan fingerprint density at radius 1 is 1.56 bits per heavy atom. The molecule has 0 spiro atoms. The summed E-state index contributed by atoms with van der Waals surface area (Å²) in [5.41, 5.74) is 5.93. The van der Waals surface area contributed by atoms with E-state index in [0.29, 0.717) is 17.0 Å². The number of morpholine rings is 1. The lowest BCUT2D eigenvalue weighted by molar-refractivity contribution is -0.0349. The van der Waals surface area contributed by atoms with Crippen molar-refractivity contribution in [2.75, 3.05) is 32.9 Å². The van der Waals surface area contributed by atoms with Gasteiger partial charge >= 0.3 is 0 Å². The van der Waals surface area contributed by atoms with Crippen LogP contribution in [0.25, 0.3) is 0 Å². The number of hydrogen-bond acceptors (Lipinski definition) is 4. The third kappa shape index (κ3) is 2.91. The molecule has 0 radical (unpaired) electrons. The largest absolute Gasteiger partial charge is 0.395 e. The molecule has 2 rings (SSSR count). The van der Waals surface area contributed by atoms with Crippen LogP contribution in [0.1, 0.15) is 19.3 Å². The molecule has 4 nitrogen and oxygen atoms in total. The maximum absolute atomic E-state index is 9.29. The van der Waals surface area contributed by atoms with Crippen LogP contribution in [0.4, 0.5) is 0 Å². The maximum Gasteiger partial charge on any atom is 0.0733 e. The van der Waals surface area contributed by atoms with E-state index in [2.05, 4.69) is 4.90 Å². The van der Waals surface area contributed by atoms with Crippen LogP contribution in [0.3, 0.4) is 0 Å². The Morgan fingerprint density at radius 3 is 2.88 bits per heavy atom. The van der Waals surface area contributed by atoms with Crippen LogP contribution in [-0.4, -0.2) is 53.9 Å². The van der Waals surface area contributed by atoms with E-state index in [4.69, 9.17) is 22.7 Å². The average molecular weight is 244 g/mol. The molecule has 1 saturated carbocycles. The van der Waals surface area contributed by atoms with E-state index in [1.54, 1.807) is 0 Å². The van der Waals surface area contributed by atoms with Crippen molar-refractivity contribution in [3.63, 3.8) is 0 Å². The minimum atomic E-state index is 0.151. The third-order valence-corrected chi connectivity index (χ3v) is 3.75. The summed E-state index contributed by atoms with van der Waals surface area (Å²) in [6.07, 6.45) is 3.26. The highest BCUT2D eigenvalue weighted by Gasteiger charge is 2.45. The summed E-state index contributed by atoms with van der Waals surface area (Å²) in [7, 11) is 0. The number of nitrogens with two attached hydrogens (primary N) is 1. The molecule has 0 aromatic rings. The summed E-state index contributed by atoms with van der Waals surface area (Å²) in [6, 6.07) is 0.151. The molecule has 92 valence electrons. The van der Waals surface area contributed by atoms with Crippen molar-refractivity contribution in [1.82, 2.24) is 4.90 Å². The molecule has 0 amide bonds. The first-order valence-electron chi connectivity index (χ1n) is 5.86. The molecule has 5 heteroatoms. The summed E-state index contributed by atoms with van der Waals surface area (Å²) in [5, 5.41) is 9.29. The first-order chi connectivity index (χ1) is 7.65. The number of thiocarbonyl (C=S) groups is 1. The SMILES string of the molecule is NC(=S)CC1(CN2CCOCC2CO)CC1. The van der Waals surface area contributed by atoms with Gasteiger partial charge in [0.05, 0.1) is 30.9 Å². The number of hydrogen-bond donors (Lipinski definition) is 2. The number of ether oxygens (including phenoxy) is 1. The molecular formula is C11H20N2O2S. The summed E-state index contributed by atoms with van der Waals surface area (Å²) < 4.78 is 5.37. The predicted octanol–water partition coefficient (Wildman–Crippen LogP) is 0.136.